The quantitative estimate of drug-likeness (QED) is 0.806. The minimum Gasteiger partial charge on any atom is -0.342 e. The summed E-state index contributed by atoms with van der Waals surface area (Å²) in [5.41, 5.74) is 1.82. The van der Waals surface area contributed by atoms with E-state index in [2.05, 4.69) is 10.3 Å². The van der Waals surface area contributed by atoms with Gasteiger partial charge in [0.2, 0.25) is 5.91 Å². The zero-order valence-electron chi connectivity index (χ0n) is 13.6. The Kier molecular flexibility index (Phi) is 5.41. The first-order valence-electron chi connectivity index (χ1n) is 8.18. The Bertz CT molecular complexity index is 699. The van der Waals surface area contributed by atoms with Crippen molar-refractivity contribution >= 4 is 17.2 Å². The van der Waals surface area contributed by atoms with Gasteiger partial charge < -0.3 is 4.90 Å². The number of likely N-dealkylation sites (tertiary alicyclic amines) is 1. The second kappa shape index (κ2) is 7.55. The first-order chi connectivity index (χ1) is 11.9. The average Bonchev–Trinajstić information content (AvgIpc) is 3.23. The highest BCUT2D eigenvalue weighted by atomic mass is 32.1. The molecule has 1 atom stereocenters. The minimum atomic E-state index is -4.29. The van der Waals surface area contributed by atoms with Crippen molar-refractivity contribution in [1.82, 2.24) is 19.9 Å². The Hall–Kier alpha value is -1.90. The van der Waals surface area contributed by atoms with Crippen LogP contribution in [-0.4, -0.2) is 45.1 Å². The molecule has 0 N–H and O–H groups in total. The number of carbonyl (C=O) groups excluding carboxylic acids is 1. The Labute approximate surface area is 147 Å². The lowest BCUT2D eigenvalue weighted by molar-refractivity contribution is -0.150. The van der Waals surface area contributed by atoms with Crippen LogP contribution < -0.4 is 0 Å². The number of aromatic nitrogens is 3. The number of alkyl halides is 3. The van der Waals surface area contributed by atoms with Crippen molar-refractivity contribution in [2.45, 2.75) is 38.4 Å². The first kappa shape index (κ1) is 17.9. The molecule has 1 unspecified atom stereocenters. The predicted molar refractivity (Wildman–Crippen MR) is 87.9 cm³/mol. The van der Waals surface area contributed by atoms with Crippen molar-refractivity contribution in [1.29, 1.82) is 0 Å². The van der Waals surface area contributed by atoms with Gasteiger partial charge in [0.1, 0.15) is 5.69 Å². The summed E-state index contributed by atoms with van der Waals surface area (Å²) >= 11 is 1.59. The lowest BCUT2D eigenvalue weighted by Crippen LogP contribution is -2.41. The van der Waals surface area contributed by atoms with Crippen LogP contribution in [0.1, 0.15) is 25.7 Å². The summed E-state index contributed by atoms with van der Waals surface area (Å²) in [5.74, 6) is -0.236. The minimum absolute atomic E-state index is 0.181. The molecule has 1 amide bonds. The molecule has 2 aromatic heterocycles. The third-order valence-corrected chi connectivity index (χ3v) is 4.98. The Morgan fingerprint density at radius 3 is 2.96 bits per heavy atom. The molecule has 136 valence electrons. The van der Waals surface area contributed by atoms with Crippen LogP contribution in [0, 0.1) is 5.92 Å². The maximum absolute atomic E-state index is 12.3. The van der Waals surface area contributed by atoms with E-state index in [0.29, 0.717) is 19.6 Å². The molecule has 0 bridgehead atoms. The van der Waals surface area contributed by atoms with E-state index in [9.17, 15) is 18.0 Å². The highest BCUT2D eigenvalue weighted by Crippen LogP contribution is 2.24. The van der Waals surface area contributed by atoms with E-state index >= 15 is 0 Å². The van der Waals surface area contributed by atoms with Crippen LogP contribution in [0.15, 0.2) is 23.0 Å². The fourth-order valence-corrected chi connectivity index (χ4v) is 3.69. The fraction of sp³-hybridized carbons (Fsp3) is 0.562. The van der Waals surface area contributed by atoms with E-state index < -0.39 is 24.9 Å². The first-order valence-corrected chi connectivity index (χ1v) is 9.12. The molecule has 0 aromatic carbocycles. The number of amides is 1. The number of nitrogens with zero attached hydrogens (tertiary/aromatic N) is 4. The van der Waals surface area contributed by atoms with Gasteiger partial charge in [0.05, 0.1) is 12.6 Å². The van der Waals surface area contributed by atoms with Gasteiger partial charge in [-0.1, -0.05) is 5.21 Å². The van der Waals surface area contributed by atoms with Crippen molar-refractivity contribution in [3.05, 3.63) is 23.0 Å². The highest BCUT2D eigenvalue weighted by molar-refractivity contribution is 7.08. The fourth-order valence-electron chi connectivity index (χ4n) is 3.04. The molecule has 3 heterocycles. The number of thiophene rings is 1. The molecule has 1 saturated heterocycles. The Balaban J connectivity index is 1.54. The molecule has 0 spiro atoms. The molecule has 1 aliphatic heterocycles. The number of hydrogen-bond donors (Lipinski definition) is 0. The maximum atomic E-state index is 12.3. The molecular weight excluding hydrogens is 353 g/mol. The van der Waals surface area contributed by atoms with Crippen LogP contribution >= 0.6 is 11.3 Å². The summed E-state index contributed by atoms with van der Waals surface area (Å²) in [6.45, 7) is 1.62. The summed E-state index contributed by atoms with van der Waals surface area (Å²) in [7, 11) is 0. The van der Waals surface area contributed by atoms with E-state index in [1.54, 1.807) is 20.9 Å². The highest BCUT2D eigenvalue weighted by Gasteiger charge is 2.30. The molecule has 5 nitrogen and oxygen atoms in total. The Morgan fingerprint density at radius 1 is 1.40 bits per heavy atom. The van der Waals surface area contributed by atoms with Gasteiger partial charge in [-0.2, -0.15) is 24.5 Å². The summed E-state index contributed by atoms with van der Waals surface area (Å²) in [6, 6.07) is 1.97. The van der Waals surface area contributed by atoms with Crippen LogP contribution in [0.25, 0.3) is 11.3 Å². The van der Waals surface area contributed by atoms with Gasteiger partial charge in [-0.3, -0.25) is 9.48 Å². The normalized spacial score (nSPS) is 18.5. The molecule has 2 aromatic rings. The topological polar surface area (TPSA) is 51.0 Å². The van der Waals surface area contributed by atoms with Crippen molar-refractivity contribution in [2.24, 2.45) is 5.92 Å². The molecule has 0 saturated carbocycles. The zero-order chi connectivity index (χ0) is 17.9. The number of piperidine rings is 1. The van der Waals surface area contributed by atoms with Gasteiger partial charge in [-0.05, 0) is 30.2 Å². The van der Waals surface area contributed by atoms with Gasteiger partial charge >= 0.3 is 6.18 Å². The van der Waals surface area contributed by atoms with Crippen LogP contribution in [0.2, 0.25) is 0 Å². The van der Waals surface area contributed by atoms with Gasteiger partial charge in [-0.15, -0.1) is 5.10 Å². The lowest BCUT2D eigenvalue weighted by Gasteiger charge is -2.32. The van der Waals surface area contributed by atoms with Crippen molar-refractivity contribution in [3.8, 4) is 11.3 Å². The SMILES string of the molecule is O=C(CCC(F)(F)F)N1CCCC(Cn2cc(-c3ccsc3)nn2)C1. The standard InChI is InChI=1S/C16H19F3N4OS/c17-16(18,19)5-3-15(24)22-6-1-2-12(8-22)9-23-10-14(20-21-23)13-4-7-25-11-13/h4,7,10-12H,1-3,5-6,8-9H2. The third-order valence-electron chi connectivity index (χ3n) is 4.29. The summed E-state index contributed by atoms with van der Waals surface area (Å²) in [6.07, 6.45) is -2.22. The molecule has 1 aliphatic rings. The summed E-state index contributed by atoms with van der Waals surface area (Å²) in [4.78, 5) is 13.5. The summed E-state index contributed by atoms with van der Waals surface area (Å²) in [5, 5.41) is 12.2. The number of hydrogen-bond acceptors (Lipinski definition) is 4. The zero-order valence-corrected chi connectivity index (χ0v) is 14.4. The van der Waals surface area contributed by atoms with Crippen LogP contribution in [0.4, 0.5) is 13.2 Å². The summed E-state index contributed by atoms with van der Waals surface area (Å²) < 4.78 is 38.6. The molecule has 25 heavy (non-hydrogen) atoms. The number of halogens is 3. The molecule has 3 rings (SSSR count). The van der Waals surface area contributed by atoms with E-state index in [4.69, 9.17) is 0 Å². The van der Waals surface area contributed by atoms with Gasteiger partial charge in [0, 0.05) is 37.0 Å². The lowest BCUT2D eigenvalue weighted by atomic mass is 9.97. The average molecular weight is 372 g/mol. The van der Waals surface area contributed by atoms with Crippen molar-refractivity contribution in [3.63, 3.8) is 0 Å². The number of rotatable bonds is 5. The van der Waals surface area contributed by atoms with Gasteiger partial charge in [-0.25, -0.2) is 0 Å². The molecule has 0 aliphatic carbocycles. The van der Waals surface area contributed by atoms with Gasteiger partial charge in [0.15, 0.2) is 0 Å². The van der Waals surface area contributed by atoms with E-state index in [1.807, 2.05) is 23.0 Å². The van der Waals surface area contributed by atoms with Gasteiger partial charge in [0.25, 0.3) is 0 Å². The van der Waals surface area contributed by atoms with Crippen LogP contribution in [0.3, 0.4) is 0 Å². The van der Waals surface area contributed by atoms with E-state index in [1.165, 1.54) is 0 Å². The van der Waals surface area contributed by atoms with Crippen LogP contribution in [0.5, 0.6) is 0 Å². The molecule has 1 fully saturated rings. The van der Waals surface area contributed by atoms with E-state index in [0.717, 1.165) is 24.1 Å². The Morgan fingerprint density at radius 2 is 2.24 bits per heavy atom. The smallest absolute Gasteiger partial charge is 0.342 e. The van der Waals surface area contributed by atoms with Crippen LogP contribution in [-0.2, 0) is 11.3 Å². The monoisotopic (exact) mass is 372 g/mol. The van der Waals surface area contributed by atoms with E-state index in [-0.39, 0.29) is 5.92 Å². The second-order valence-electron chi connectivity index (χ2n) is 6.30. The number of carbonyl (C=O) groups is 1. The van der Waals surface area contributed by atoms with Crippen molar-refractivity contribution < 1.29 is 18.0 Å². The molecule has 9 heteroatoms. The molecule has 0 radical (unpaired) electrons. The van der Waals surface area contributed by atoms with Crippen molar-refractivity contribution in [2.75, 3.05) is 13.1 Å². The predicted octanol–water partition coefficient (Wildman–Crippen LogP) is 3.59. The third kappa shape index (κ3) is 5.04. The molecular formula is C16H19F3N4OS. The maximum Gasteiger partial charge on any atom is 0.389 e. The largest absolute Gasteiger partial charge is 0.389 e. The second-order valence-corrected chi connectivity index (χ2v) is 7.08.